The summed E-state index contributed by atoms with van der Waals surface area (Å²) >= 11 is 4.94. The highest BCUT2D eigenvalue weighted by Crippen LogP contribution is 2.13. The van der Waals surface area contributed by atoms with E-state index in [1.54, 1.807) is 0 Å². The Hall–Kier alpha value is -0.110. The van der Waals surface area contributed by atoms with Crippen molar-refractivity contribution >= 4 is 17.2 Å². The molecule has 0 aromatic heterocycles. The van der Waals surface area contributed by atoms with Gasteiger partial charge in [-0.3, -0.25) is 0 Å². The van der Waals surface area contributed by atoms with E-state index in [0.29, 0.717) is 10.9 Å². The Morgan fingerprint density at radius 1 is 1.36 bits per heavy atom. The molecule has 0 spiro atoms. The second kappa shape index (κ2) is 6.59. The monoisotopic (exact) mass is 173 g/mol. The molecular weight excluding hydrogens is 154 g/mol. The first kappa shape index (κ1) is 10.9. The SMILES string of the molecule is CCCCCC(CC)C(N)=S. The minimum absolute atomic E-state index is 0.483. The number of nitrogens with two attached hydrogens (primary N) is 1. The Kier molecular flexibility index (Phi) is 6.52. The smallest absolute Gasteiger partial charge is 0.0758 e. The van der Waals surface area contributed by atoms with E-state index >= 15 is 0 Å². The summed E-state index contributed by atoms with van der Waals surface area (Å²) in [6.45, 7) is 4.36. The Bertz CT molecular complexity index is 112. The zero-order valence-electron chi connectivity index (χ0n) is 7.60. The van der Waals surface area contributed by atoms with Gasteiger partial charge in [-0.25, -0.2) is 0 Å². The van der Waals surface area contributed by atoms with Crippen molar-refractivity contribution in [3.05, 3.63) is 0 Å². The molecule has 0 fully saturated rings. The third kappa shape index (κ3) is 5.19. The van der Waals surface area contributed by atoms with E-state index < -0.39 is 0 Å². The van der Waals surface area contributed by atoms with Crippen LogP contribution < -0.4 is 5.73 Å². The highest BCUT2D eigenvalue weighted by Gasteiger charge is 2.07. The molecule has 0 amide bonds. The van der Waals surface area contributed by atoms with Gasteiger partial charge in [0.2, 0.25) is 0 Å². The number of unbranched alkanes of at least 4 members (excludes halogenated alkanes) is 2. The summed E-state index contributed by atoms with van der Waals surface area (Å²) in [5.41, 5.74) is 5.56. The van der Waals surface area contributed by atoms with Gasteiger partial charge in [0.1, 0.15) is 0 Å². The fourth-order valence-electron chi connectivity index (χ4n) is 1.19. The van der Waals surface area contributed by atoms with E-state index in [1.807, 2.05) is 0 Å². The normalized spacial score (nSPS) is 12.9. The highest BCUT2D eigenvalue weighted by atomic mass is 32.1. The van der Waals surface area contributed by atoms with Crippen molar-refractivity contribution in [3.63, 3.8) is 0 Å². The summed E-state index contributed by atoms with van der Waals surface area (Å²) in [6.07, 6.45) is 6.12. The lowest BCUT2D eigenvalue weighted by Gasteiger charge is -2.11. The summed E-state index contributed by atoms with van der Waals surface area (Å²) in [4.78, 5) is 0.698. The second-order valence-electron chi connectivity index (χ2n) is 3.00. The van der Waals surface area contributed by atoms with Crippen molar-refractivity contribution in [2.45, 2.75) is 46.0 Å². The van der Waals surface area contributed by atoms with E-state index in [1.165, 1.54) is 25.7 Å². The van der Waals surface area contributed by atoms with Crippen LogP contribution in [-0.2, 0) is 0 Å². The first-order valence-corrected chi connectivity index (χ1v) is 4.92. The fraction of sp³-hybridized carbons (Fsp3) is 0.889. The minimum atomic E-state index is 0.483. The molecule has 0 aliphatic heterocycles. The molecule has 1 unspecified atom stereocenters. The van der Waals surface area contributed by atoms with Gasteiger partial charge in [0.05, 0.1) is 4.99 Å². The summed E-state index contributed by atoms with van der Waals surface area (Å²) in [7, 11) is 0. The molecule has 0 heterocycles. The largest absolute Gasteiger partial charge is 0.393 e. The summed E-state index contributed by atoms with van der Waals surface area (Å²) in [6, 6.07) is 0. The van der Waals surface area contributed by atoms with Crippen molar-refractivity contribution in [1.29, 1.82) is 0 Å². The zero-order chi connectivity index (χ0) is 8.69. The zero-order valence-corrected chi connectivity index (χ0v) is 8.41. The number of thiocarbonyl (C=S) groups is 1. The number of hydrogen-bond acceptors (Lipinski definition) is 1. The highest BCUT2D eigenvalue weighted by molar-refractivity contribution is 7.80. The van der Waals surface area contributed by atoms with Crippen LogP contribution in [0.15, 0.2) is 0 Å². The predicted molar refractivity (Wildman–Crippen MR) is 54.7 cm³/mol. The van der Waals surface area contributed by atoms with Crippen molar-refractivity contribution in [1.82, 2.24) is 0 Å². The van der Waals surface area contributed by atoms with Gasteiger partial charge in [0, 0.05) is 5.92 Å². The van der Waals surface area contributed by atoms with E-state index in [0.717, 1.165) is 6.42 Å². The summed E-state index contributed by atoms with van der Waals surface area (Å²) < 4.78 is 0. The molecule has 0 aliphatic rings. The lowest BCUT2D eigenvalue weighted by Crippen LogP contribution is -2.20. The topological polar surface area (TPSA) is 26.0 Å². The molecule has 11 heavy (non-hydrogen) atoms. The van der Waals surface area contributed by atoms with Crippen LogP contribution in [0.5, 0.6) is 0 Å². The van der Waals surface area contributed by atoms with Crippen molar-refractivity contribution < 1.29 is 0 Å². The van der Waals surface area contributed by atoms with Gasteiger partial charge in [0.25, 0.3) is 0 Å². The molecule has 0 radical (unpaired) electrons. The molecule has 66 valence electrons. The predicted octanol–water partition coefficient (Wildman–Crippen LogP) is 2.88. The Balaban J connectivity index is 3.44. The van der Waals surface area contributed by atoms with E-state index in [9.17, 15) is 0 Å². The van der Waals surface area contributed by atoms with Gasteiger partial charge < -0.3 is 5.73 Å². The maximum absolute atomic E-state index is 5.56. The van der Waals surface area contributed by atoms with Gasteiger partial charge in [-0.2, -0.15) is 0 Å². The first-order valence-electron chi connectivity index (χ1n) is 4.51. The average Bonchev–Trinajstić information content (AvgIpc) is 1.97. The standard InChI is InChI=1S/C9H19NS/c1-3-5-6-7-8(4-2)9(10)11/h8H,3-7H2,1-2H3,(H2,10,11). The third-order valence-electron chi connectivity index (χ3n) is 2.05. The van der Waals surface area contributed by atoms with Crippen molar-refractivity contribution in [2.75, 3.05) is 0 Å². The molecule has 0 bridgehead atoms. The number of rotatable bonds is 6. The molecule has 0 saturated heterocycles. The second-order valence-corrected chi connectivity index (χ2v) is 3.47. The molecule has 2 N–H and O–H groups in total. The maximum atomic E-state index is 5.56. The van der Waals surface area contributed by atoms with Gasteiger partial charge in [-0.15, -0.1) is 0 Å². The van der Waals surface area contributed by atoms with Crippen LogP contribution in [0.2, 0.25) is 0 Å². The molecule has 0 saturated carbocycles. The Morgan fingerprint density at radius 3 is 2.36 bits per heavy atom. The molecule has 2 heteroatoms. The van der Waals surface area contributed by atoms with Gasteiger partial charge in [-0.1, -0.05) is 45.3 Å². The maximum Gasteiger partial charge on any atom is 0.0758 e. The van der Waals surface area contributed by atoms with Crippen LogP contribution in [0, 0.1) is 5.92 Å². The number of hydrogen-bond donors (Lipinski definition) is 1. The summed E-state index contributed by atoms with van der Waals surface area (Å²) in [5, 5.41) is 0. The van der Waals surface area contributed by atoms with Crippen LogP contribution in [0.3, 0.4) is 0 Å². The third-order valence-corrected chi connectivity index (χ3v) is 2.38. The van der Waals surface area contributed by atoms with Crippen LogP contribution in [0.25, 0.3) is 0 Å². The fourth-order valence-corrected chi connectivity index (χ4v) is 1.47. The molecule has 0 rings (SSSR count). The van der Waals surface area contributed by atoms with E-state index in [2.05, 4.69) is 13.8 Å². The Labute approximate surface area is 75.4 Å². The van der Waals surface area contributed by atoms with E-state index in [-0.39, 0.29) is 0 Å². The molecule has 0 aromatic rings. The first-order chi connectivity index (χ1) is 5.22. The van der Waals surface area contributed by atoms with Gasteiger partial charge in [0.15, 0.2) is 0 Å². The Morgan fingerprint density at radius 2 is 2.00 bits per heavy atom. The van der Waals surface area contributed by atoms with Crippen molar-refractivity contribution in [3.8, 4) is 0 Å². The summed E-state index contributed by atoms with van der Waals surface area (Å²) in [5.74, 6) is 0.483. The van der Waals surface area contributed by atoms with Crippen molar-refractivity contribution in [2.24, 2.45) is 11.7 Å². The molecule has 0 aromatic carbocycles. The van der Waals surface area contributed by atoms with Crippen LogP contribution in [-0.4, -0.2) is 4.99 Å². The van der Waals surface area contributed by atoms with Gasteiger partial charge >= 0.3 is 0 Å². The van der Waals surface area contributed by atoms with E-state index in [4.69, 9.17) is 18.0 Å². The lowest BCUT2D eigenvalue weighted by molar-refractivity contribution is 0.553. The lowest BCUT2D eigenvalue weighted by atomic mass is 9.99. The quantitative estimate of drug-likeness (QED) is 0.494. The van der Waals surface area contributed by atoms with Crippen LogP contribution >= 0.6 is 12.2 Å². The molecule has 0 aliphatic carbocycles. The van der Waals surface area contributed by atoms with Gasteiger partial charge in [-0.05, 0) is 12.8 Å². The molecular formula is C9H19NS. The minimum Gasteiger partial charge on any atom is -0.393 e. The van der Waals surface area contributed by atoms with Crippen LogP contribution in [0.4, 0.5) is 0 Å². The van der Waals surface area contributed by atoms with Crippen LogP contribution in [0.1, 0.15) is 46.0 Å². The molecule has 1 atom stereocenters. The average molecular weight is 173 g/mol. The molecule has 1 nitrogen and oxygen atoms in total.